The lowest BCUT2D eigenvalue weighted by Gasteiger charge is -2.16. The lowest BCUT2D eigenvalue weighted by molar-refractivity contribution is -0.122. The van der Waals surface area contributed by atoms with Gasteiger partial charge in [-0.1, -0.05) is 19.3 Å². The first-order valence-electron chi connectivity index (χ1n) is 4.26. The third kappa shape index (κ3) is 2.19. The fourth-order valence-corrected chi connectivity index (χ4v) is 1.69. The zero-order valence-corrected chi connectivity index (χ0v) is 6.75. The van der Waals surface area contributed by atoms with E-state index in [1.165, 1.54) is 6.42 Å². The highest BCUT2D eigenvalue weighted by Gasteiger charge is 2.24. The van der Waals surface area contributed by atoms with Gasteiger partial charge in [0.1, 0.15) is 0 Å². The number of nitrogens with two attached hydrogens (primary N) is 2. The summed E-state index contributed by atoms with van der Waals surface area (Å²) in [5.41, 5.74) is 11.0. The molecule has 0 aliphatic heterocycles. The fourth-order valence-electron chi connectivity index (χ4n) is 1.69. The molecule has 1 aliphatic rings. The Kier molecular flexibility index (Phi) is 2.88. The maximum atomic E-state index is 10.9. The molecule has 0 aromatic heterocycles. The Bertz CT molecular complexity index is 147. The van der Waals surface area contributed by atoms with E-state index in [-0.39, 0.29) is 17.9 Å². The van der Waals surface area contributed by atoms with E-state index >= 15 is 0 Å². The third-order valence-corrected chi connectivity index (χ3v) is 2.43. The van der Waals surface area contributed by atoms with E-state index in [0.717, 1.165) is 25.7 Å². The zero-order valence-electron chi connectivity index (χ0n) is 6.75. The molecular weight excluding hydrogens is 140 g/mol. The number of hydrogen-bond donors (Lipinski definition) is 2. The Balaban J connectivity index is 2.52. The predicted octanol–water partition coefficient (Wildman–Crippen LogP) is 0.379. The summed E-state index contributed by atoms with van der Waals surface area (Å²) in [5.74, 6) is -0.295. The van der Waals surface area contributed by atoms with Gasteiger partial charge in [-0.15, -0.1) is 0 Å². The Labute approximate surface area is 67.1 Å². The summed E-state index contributed by atoms with van der Waals surface area (Å²) in [7, 11) is 0. The molecule has 0 bridgehead atoms. The van der Waals surface area contributed by atoms with Gasteiger partial charge in [-0.3, -0.25) is 4.79 Å². The summed E-state index contributed by atoms with van der Waals surface area (Å²) in [6.45, 7) is 0. The second kappa shape index (κ2) is 3.72. The van der Waals surface area contributed by atoms with Crippen LogP contribution in [0, 0.1) is 5.92 Å². The van der Waals surface area contributed by atoms with Crippen LogP contribution in [0.25, 0.3) is 0 Å². The molecule has 0 aromatic carbocycles. The van der Waals surface area contributed by atoms with Gasteiger partial charge in [0.2, 0.25) is 5.91 Å². The Hall–Kier alpha value is -0.570. The molecule has 3 heteroatoms. The molecule has 0 radical (unpaired) electrons. The second-order valence-corrected chi connectivity index (χ2v) is 3.31. The van der Waals surface area contributed by atoms with Gasteiger partial charge in [0.25, 0.3) is 0 Å². The standard InChI is InChI=1S/C8H16N2O/c9-7-5-3-1-2-4-6(7)8(10)11/h6-7H,1-5,9H2,(H2,10,11)/t6-,7+/m0/s1. The average Bonchev–Trinajstić information content (AvgIpc) is 2.13. The van der Waals surface area contributed by atoms with Crippen LogP contribution in [0.15, 0.2) is 0 Å². The van der Waals surface area contributed by atoms with Gasteiger partial charge in [-0.25, -0.2) is 0 Å². The van der Waals surface area contributed by atoms with E-state index in [0.29, 0.717) is 0 Å². The number of carbonyl (C=O) groups excluding carboxylic acids is 1. The Morgan fingerprint density at radius 2 is 1.82 bits per heavy atom. The minimum atomic E-state index is -0.223. The predicted molar refractivity (Wildman–Crippen MR) is 43.7 cm³/mol. The molecule has 2 atom stereocenters. The van der Waals surface area contributed by atoms with E-state index in [9.17, 15) is 4.79 Å². The number of carbonyl (C=O) groups is 1. The highest BCUT2D eigenvalue weighted by Crippen LogP contribution is 2.21. The molecular formula is C8H16N2O. The normalized spacial score (nSPS) is 32.8. The van der Waals surface area contributed by atoms with Crippen LogP contribution in [0.3, 0.4) is 0 Å². The van der Waals surface area contributed by atoms with E-state index < -0.39 is 0 Å². The van der Waals surface area contributed by atoms with Crippen LogP contribution in [-0.2, 0) is 4.79 Å². The largest absolute Gasteiger partial charge is 0.369 e. The molecule has 1 amide bonds. The van der Waals surface area contributed by atoms with Gasteiger partial charge in [-0.2, -0.15) is 0 Å². The van der Waals surface area contributed by atoms with E-state index in [2.05, 4.69) is 0 Å². The maximum Gasteiger partial charge on any atom is 0.222 e. The Morgan fingerprint density at radius 3 is 2.45 bits per heavy atom. The molecule has 0 aromatic rings. The molecule has 1 rings (SSSR count). The van der Waals surface area contributed by atoms with Crippen molar-refractivity contribution in [3.8, 4) is 0 Å². The molecule has 0 unspecified atom stereocenters. The molecule has 3 nitrogen and oxygen atoms in total. The summed E-state index contributed by atoms with van der Waals surface area (Å²) < 4.78 is 0. The lowest BCUT2D eigenvalue weighted by atomic mass is 9.95. The van der Waals surface area contributed by atoms with Crippen molar-refractivity contribution in [2.75, 3.05) is 0 Å². The molecule has 1 aliphatic carbocycles. The van der Waals surface area contributed by atoms with Gasteiger partial charge in [0, 0.05) is 6.04 Å². The van der Waals surface area contributed by atoms with Gasteiger partial charge in [0.15, 0.2) is 0 Å². The van der Waals surface area contributed by atoms with Gasteiger partial charge < -0.3 is 11.5 Å². The van der Waals surface area contributed by atoms with Gasteiger partial charge >= 0.3 is 0 Å². The summed E-state index contributed by atoms with van der Waals surface area (Å²) in [4.78, 5) is 10.9. The third-order valence-electron chi connectivity index (χ3n) is 2.43. The first-order valence-corrected chi connectivity index (χ1v) is 4.26. The summed E-state index contributed by atoms with van der Waals surface area (Å²) in [6.07, 6.45) is 5.27. The van der Waals surface area contributed by atoms with Crippen LogP contribution in [0.5, 0.6) is 0 Å². The topological polar surface area (TPSA) is 69.1 Å². The fraction of sp³-hybridized carbons (Fsp3) is 0.875. The van der Waals surface area contributed by atoms with Crippen molar-refractivity contribution < 1.29 is 4.79 Å². The molecule has 4 N–H and O–H groups in total. The summed E-state index contributed by atoms with van der Waals surface area (Å²) in [5, 5.41) is 0. The summed E-state index contributed by atoms with van der Waals surface area (Å²) in [6, 6.07) is 0.00926. The van der Waals surface area contributed by atoms with Crippen molar-refractivity contribution in [3.05, 3.63) is 0 Å². The second-order valence-electron chi connectivity index (χ2n) is 3.31. The van der Waals surface area contributed by atoms with Crippen LogP contribution >= 0.6 is 0 Å². The highest BCUT2D eigenvalue weighted by atomic mass is 16.1. The SMILES string of the molecule is NC(=O)[C@H]1CCCCC[C@H]1N. The smallest absolute Gasteiger partial charge is 0.222 e. The zero-order chi connectivity index (χ0) is 8.27. The van der Waals surface area contributed by atoms with Crippen LogP contribution in [0.4, 0.5) is 0 Å². The van der Waals surface area contributed by atoms with Gasteiger partial charge in [0.05, 0.1) is 5.92 Å². The summed E-state index contributed by atoms with van der Waals surface area (Å²) >= 11 is 0. The molecule has 0 saturated heterocycles. The van der Waals surface area contributed by atoms with Crippen molar-refractivity contribution in [2.45, 2.75) is 38.1 Å². The minimum Gasteiger partial charge on any atom is -0.369 e. The Morgan fingerprint density at radius 1 is 1.18 bits per heavy atom. The van der Waals surface area contributed by atoms with Crippen LogP contribution in [-0.4, -0.2) is 11.9 Å². The molecule has 1 fully saturated rings. The quantitative estimate of drug-likeness (QED) is 0.539. The first-order chi connectivity index (χ1) is 5.22. The average molecular weight is 156 g/mol. The van der Waals surface area contributed by atoms with E-state index in [1.807, 2.05) is 0 Å². The molecule has 11 heavy (non-hydrogen) atoms. The van der Waals surface area contributed by atoms with Crippen molar-refractivity contribution in [1.82, 2.24) is 0 Å². The number of hydrogen-bond acceptors (Lipinski definition) is 2. The molecule has 0 spiro atoms. The maximum absolute atomic E-state index is 10.9. The number of amides is 1. The van der Waals surface area contributed by atoms with Crippen molar-refractivity contribution >= 4 is 5.91 Å². The monoisotopic (exact) mass is 156 g/mol. The number of primary amides is 1. The highest BCUT2D eigenvalue weighted by molar-refractivity contribution is 5.77. The van der Waals surface area contributed by atoms with Crippen LogP contribution in [0.2, 0.25) is 0 Å². The number of rotatable bonds is 1. The van der Waals surface area contributed by atoms with Crippen molar-refractivity contribution in [3.63, 3.8) is 0 Å². The van der Waals surface area contributed by atoms with Crippen LogP contribution < -0.4 is 11.5 Å². The van der Waals surface area contributed by atoms with Crippen LogP contribution in [0.1, 0.15) is 32.1 Å². The lowest BCUT2D eigenvalue weighted by Crippen LogP contribution is -2.38. The molecule has 1 saturated carbocycles. The minimum absolute atomic E-state index is 0.00926. The molecule has 0 heterocycles. The van der Waals surface area contributed by atoms with Gasteiger partial charge in [-0.05, 0) is 12.8 Å². The van der Waals surface area contributed by atoms with Crippen molar-refractivity contribution in [1.29, 1.82) is 0 Å². The first kappa shape index (κ1) is 8.53. The van der Waals surface area contributed by atoms with E-state index in [1.54, 1.807) is 0 Å². The van der Waals surface area contributed by atoms with Crippen molar-refractivity contribution in [2.24, 2.45) is 17.4 Å². The molecule has 64 valence electrons. The van der Waals surface area contributed by atoms with E-state index in [4.69, 9.17) is 11.5 Å².